The second kappa shape index (κ2) is 6.12. The number of rotatable bonds is 4. The summed E-state index contributed by atoms with van der Waals surface area (Å²) in [6.45, 7) is 0. The van der Waals surface area contributed by atoms with Crippen LogP contribution in [0.3, 0.4) is 0 Å². The SMILES string of the molecule is O=C(O)c1cccc(NS(=O)(=O)c2cc(Br)ccc2Br)n1. The van der Waals surface area contributed by atoms with E-state index in [2.05, 4.69) is 41.6 Å². The third kappa shape index (κ3) is 3.80. The van der Waals surface area contributed by atoms with E-state index in [1.54, 1.807) is 12.1 Å². The molecule has 1 aromatic heterocycles. The van der Waals surface area contributed by atoms with Crippen molar-refractivity contribution in [3.05, 3.63) is 51.0 Å². The van der Waals surface area contributed by atoms with E-state index in [1.807, 2.05) is 0 Å². The van der Waals surface area contributed by atoms with Crippen molar-refractivity contribution in [2.75, 3.05) is 4.72 Å². The molecule has 0 saturated heterocycles. The minimum absolute atomic E-state index is 0.0133. The molecule has 0 saturated carbocycles. The quantitative estimate of drug-likeness (QED) is 0.768. The number of halogens is 2. The van der Waals surface area contributed by atoms with Crippen LogP contribution in [-0.4, -0.2) is 24.5 Å². The van der Waals surface area contributed by atoms with Gasteiger partial charge < -0.3 is 5.11 Å². The Labute approximate surface area is 137 Å². The van der Waals surface area contributed by atoms with Gasteiger partial charge in [-0.3, -0.25) is 4.72 Å². The van der Waals surface area contributed by atoms with Gasteiger partial charge >= 0.3 is 5.97 Å². The first-order valence-corrected chi connectivity index (χ1v) is 8.55. The molecule has 0 bridgehead atoms. The molecule has 21 heavy (non-hydrogen) atoms. The van der Waals surface area contributed by atoms with Crippen molar-refractivity contribution in [1.29, 1.82) is 0 Å². The highest BCUT2D eigenvalue weighted by molar-refractivity contribution is 9.11. The minimum Gasteiger partial charge on any atom is -0.477 e. The number of benzene rings is 1. The summed E-state index contributed by atoms with van der Waals surface area (Å²) in [7, 11) is -3.89. The molecule has 0 aliphatic rings. The van der Waals surface area contributed by atoms with Crippen LogP contribution in [0.25, 0.3) is 0 Å². The molecule has 0 fully saturated rings. The number of nitrogens with zero attached hydrogens (tertiary/aromatic N) is 1. The number of aromatic nitrogens is 1. The van der Waals surface area contributed by atoms with Crippen LogP contribution in [0, 0.1) is 0 Å². The van der Waals surface area contributed by atoms with Crippen molar-refractivity contribution in [2.24, 2.45) is 0 Å². The van der Waals surface area contributed by atoms with E-state index >= 15 is 0 Å². The molecule has 0 spiro atoms. The molecule has 2 aromatic rings. The molecule has 0 amide bonds. The van der Waals surface area contributed by atoms with Crippen LogP contribution in [-0.2, 0) is 10.0 Å². The lowest BCUT2D eigenvalue weighted by Gasteiger charge is -2.09. The first-order chi connectivity index (χ1) is 9.79. The predicted octanol–water partition coefficient (Wildman–Crippen LogP) is 3.11. The molecule has 0 unspecified atom stereocenters. The third-order valence-corrected chi connectivity index (χ3v) is 5.23. The van der Waals surface area contributed by atoms with Gasteiger partial charge in [0.15, 0.2) is 5.69 Å². The zero-order valence-corrected chi connectivity index (χ0v) is 14.2. The minimum atomic E-state index is -3.89. The first-order valence-electron chi connectivity index (χ1n) is 5.48. The van der Waals surface area contributed by atoms with Gasteiger partial charge in [-0.1, -0.05) is 22.0 Å². The highest BCUT2D eigenvalue weighted by atomic mass is 79.9. The highest BCUT2D eigenvalue weighted by Gasteiger charge is 2.19. The third-order valence-electron chi connectivity index (χ3n) is 2.39. The highest BCUT2D eigenvalue weighted by Crippen LogP contribution is 2.27. The zero-order valence-electron chi connectivity index (χ0n) is 10.2. The Kier molecular flexibility index (Phi) is 4.64. The van der Waals surface area contributed by atoms with Gasteiger partial charge in [-0.25, -0.2) is 18.2 Å². The summed E-state index contributed by atoms with van der Waals surface area (Å²) in [6.07, 6.45) is 0. The standard InChI is InChI=1S/C12H8Br2N2O4S/c13-7-4-5-8(14)10(6-7)21(19,20)16-11-3-1-2-9(15-11)12(17)18/h1-6H,(H,15,16)(H,17,18). The molecule has 1 aromatic carbocycles. The summed E-state index contributed by atoms with van der Waals surface area (Å²) in [6, 6.07) is 8.74. The molecule has 0 radical (unpaired) electrons. The Morgan fingerprint density at radius 3 is 2.57 bits per heavy atom. The molecular weight excluding hydrogens is 428 g/mol. The molecule has 2 rings (SSSR count). The van der Waals surface area contributed by atoms with Crippen molar-refractivity contribution in [3.8, 4) is 0 Å². The van der Waals surface area contributed by atoms with Gasteiger partial charge in [-0.2, -0.15) is 0 Å². The molecule has 0 atom stereocenters. The van der Waals surface area contributed by atoms with E-state index in [0.29, 0.717) is 8.95 Å². The van der Waals surface area contributed by atoms with Crippen molar-refractivity contribution in [3.63, 3.8) is 0 Å². The lowest BCUT2D eigenvalue weighted by Crippen LogP contribution is -2.15. The van der Waals surface area contributed by atoms with E-state index < -0.39 is 16.0 Å². The molecule has 0 aliphatic heterocycles. The Bertz CT molecular complexity index is 809. The van der Waals surface area contributed by atoms with E-state index in [4.69, 9.17) is 5.11 Å². The number of sulfonamides is 1. The van der Waals surface area contributed by atoms with Gasteiger partial charge in [0, 0.05) is 8.95 Å². The number of aromatic carboxylic acids is 1. The lowest BCUT2D eigenvalue weighted by molar-refractivity contribution is 0.0690. The van der Waals surface area contributed by atoms with Crippen LogP contribution in [0.4, 0.5) is 5.82 Å². The van der Waals surface area contributed by atoms with Crippen molar-refractivity contribution >= 4 is 53.7 Å². The van der Waals surface area contributed by atoms with Crippen LogP contribution in [0.1, 0.15) is 10.5 Å². The molecule has 1 heterocycles. The van der Waals surface area contributed by atoms with E-state index in [0.717, 1.165) is 0 Å². The molecule has 6 nitrogen and oxygen atoms in total. The molecule has 2 N–H and O–H groups in total. The van der Waals surface area contributed by atoms with Gasteiger partial charge in [0.25, 0.3) is 10.0 Å². The average molecular weight is 436 g/mol. The number of nitrogens with one attached hydrogen (secondary N) is 1. The van der Waals surface area contributed by atoms with Crippen LogP contribution in [0.2, 0.25) is 0 Å². The van der Waals surface area contributed by atoms with Gasteiger partial charge in [0.05, 0.1) is 0 Å². The maximum Gasteiger partial charge on any atom is 0.354 e. The summed E-state index contributed by atoms with van der Waals surface area (Å²) in [4.78, 5) is 14.6. The van der Waals surface area contributed by atoms with Crippen molar-refractivity contribution in [1.82, 2.24) is 4.98 Å². The van der Waals surface area contributed by atoms with Crippen LogP contribution in [0.15, 0.2) is 50.2 Å². The number of carbonyl (C=O) groups is 1. The molecule has 9 heteroatoms. The molecular formula is C12H8Br2N2O4S. The van der Waals surface area contributed by atoms with Gasteiger partial charge in [0.2, 0.25) is 0 Å². The smallest absolute Gasteiger partial charge is 0.354 e. The van der Waals surface area contributed by atoms with E-state index in [1.165, 1.54) is 24.3 Å². The largest absolute Gasteiger partial charge is 0.477 e. The maximum absolute atomic E-state index is 12.3. The van der Waals surface area contributed by atoms with Crippen LogP contribution >= 0.6 is 31.9 Å². The Morgan fingerprint density at radius 1 is 1.19 bits per heavy atom. The molecule has 0 aliphatic carbocycles. The lowest BCUT2D eigenvalue weighted by atomic mass is 10.3. The number of carboxylic acids is 1. The number of anilines is 1. The van der Waals surface area contributed by atoms with Crippen LogP contribution < -0.4 is 4.72 Å². The van der Waals surface area contributed by atoms with Gasteiger partial charge in [-0.15, -0.1) is 0 Å². The number of pyridine rings is 1. The number of carboxylic acid groups (broad SMARTS) is 1. The number of hydrogen-bond donors (Lipinski definition) is 2. The van der Waals surface area contributed by atoms with E-state index in [-0.39, 0.29) is 16.4 Å². The maximum atomic E-state index is 12.3. The van der Waals surface area contributed by atoms with Gasteiger partial charge in [-0.05, 0) is 46.3 Å². The summed E-state index contributed by atoms with van der Waals surface area (Å²) in [5.41, 5.74) is -0.247. The van der Waals surface area contributed by atoms with Gasteiger partial charge in [0.1, 0.15) is 10.7 Å². The summed E-state index contributed by atoms with van der Waals surface area (Å²) in [5.74, 6) is -1.30. The topological polar surface area (TPSA) is 96.4 Å². The summed E-state index contributed by atoms with van der Waals surface area (Å²) < 4.78 is 27.8. The number of hydrogen-bond acceptors (Lipinski definition) is 4. The summed E-state index contributed by atoms with van der Waals surface area (Å²) >= 11 is 6.36. The second-order valence-electron chi connectivity index (χ2n) is 3.89. The first kappa shape index (κ1) is 15.9. The fraction of sp³-hybridized carbons (Fsp3) is 0. The normalized spacial score (nSPS) is 11.1. The zero-order chi connectivity index (χ0) is 15.6. The van der Waals surface area contributed by atoms with Crippen molar-refractivity contribution in [2.45, 2.75) is 4.90 Å². The fourth-order valence-electron chi connectivity index (χ4n) is 1.49. The predicted molar refractivity (Wildman–Crippen MR) is 83.8 cm³/mol. The second-order valence-corrected chi connectivity index (χ2v) is 7.31. The fourth-order valence-corrected chi connectivity index (χ4v) is 3.99. The Morgan fingerprint density at radius 2 is 1.90 bits per heavy atom. The van der Waals surface area contributed by atoms with Crippen LogP contribution in [0.5, 0.6) is 0 Å². The van der Waals surface area contributed by atoms with E-state index in [9.17, 15) is 13.2 Å². The van der Waals surface area contributed by atoms with Crippen molar-refractivity contribution < 1.29 is 18.3 Å². The average Bonchev–Trinajstić information content (AvgIpc) is 2.41. The Hall–Kier alpha value is -1.45. The molecule has 110 valence electrons. The Balaban J connectivity index is 2.40. The monoisotopic (exact) mass is 434 g/mol. The summed E-state index contributed by atoms with van der Waals surface area (Å²) in [5, 5.41) is 8.85.